The molecule has 0 spiro atoms. The summed E-state index contributed by atoms with van der Waals surface area (Å²) in [5.74, 6) is 1.91. The number of rotatable bonds is 6. The zero-order chi connectivity index (χ0) is 12.8. The Kier molecular flexibility index (Phi) is 4.78. The lowest BCUT2D eigenvalue weighted by Gasteiger charge is -2.18. The largest absolute Gasteiger partial charge is 0.394 e. The van der Waals surface area contributed by atoms with Crippen LogP contribution in [0.2, 0.25) is 0 Å². The van der Waals surface area contributed by atoms with Crippen molar-refractivity contribution in [1.82, 2.24) is 14.5 Å². The van der Waals surface area contributed by atoms with E-state index in [-0.39, 0.29) is 12.6 Å². The van der Waals surface area contributed by atoms with Crippen molar-refractivity contribution in [2.45, 2.75) is 12.5 Å². The number of aromatic nitrogens is 3. The van der Waals surface area contributed by atoms with Crippen LogP contribution < -0.4 is 0 Å². The van der Waals surface area contributed by atoms with E-state index in [9.17, 15) is 5.11 Å². The molecule has 2 aromatic rings. The van der Waals surface area contributed by atoms with Gasteiger partial charge in [0, 0.05) is 30.4 Å². The smallest absolute Gasteiger partial charge is 0.140 e. The van der Waals surface area contributed by atoms with Gasteiger partial charge in [0.2, 0.25) is 0 Å². The molecule has 0 fully saturated rings. The van der Waals surface area contributed by atoms with E-state index < -0.39 is 0 Å². The molecule has 2 heterocycles. The van der Waals surface area contributed by atoms with Gasteiger partial charge in [-0.1, -0.05) is 0 Å². The van der Waals surface area contributed by atoms with Crippen molar-refractivity contribution < 1.29 is 5.11 Å². The van der Waals surface area contributed by atoms with E-state index in [4.69, 9.17) is 0 Å². The molecular weight excluding hydrogens is 246 g/mol. The van der Waals surface area contributed by atoms with Crippen molar-refractivity contribution in [3.63, 3.8) is 0 Å². The van der Waals surface area contributed by atoms with Gasteiger partial charge in [0.05, 0.1) is 12.6 Å². The Bertz CT molecular complexity index is 472. The third kappa shape index (κ3) is 2.91. The van der Waals surface area contributed by atoms with Gasteiger partial charge in [-0.2, -0.15) is 11.8 Å². The zero-order valence-corrected chi connectivity index (χ0v) is 11.2. The first-order chi connectivity index (χ1) is 8.86. The van der Waals surface area contributed by atoms with Gasteiger partial charge in [0.15, 0.2) is 0 Å². The third-order valence-electron chi connectivity index (χ3n) is 2.87. The number of hydrogen-bond donors (Lipinski definition) is 1. The van der Waals surface area contributed by atoms with Gasteiger partial charge in [-0.15, -0.1) is 0 Å². The molecule has 0 saturated heterocycles. The SMILES string of the molecule is CSCC[C@@H](CO)n1ccnc1-c1ccncc1. The van der Waals surface area contributed by atoms with Gasteiger partial charge < -0.3 is 9.67 Å². The van der Waals surface area contributed by atoms with Gasteiger partial charge in [0.25, 0.3) is 0 Å². The summed E-state index contributed by atoms with van der Waals surface area (Å²) >= 11 is 1.79. The minimum absolute atomic E-state index is 0.0862. The molecule has 1 atom stereocenters. The van der Waals surface area contributed by atoms with Crippen molar-refractivity contribution in [2.24, 2.45) is 0 Å². The molecule has 0 aliphatic rings. The van der Waals surface area contributed by atoms with E-state index in [1.165, 1.54) is 0 Å². The van der Waals surface area contributed by atoms with E-state index in [2.05, 4.69) is 16.2 Å². The second-order valence-electron chi connectivity index (χ2n) is 4.01. The van der Waals surface area contributed by atoms with Crippen LogP contribution in [-0.2, 0) is 0 Å². The topological polar surface area (TPSA) is 50.9 Å². The molecule has 0 aliphatic heterocycles. The summed E-state index contributed by atoms with van der Waals surface area (Å²) in [6.07, 6.45) is 10.2. The van der Waals surface area contributed by atoms with Crippen LogP contribution >= 0.6 is 11.8 Å². The summed E-state index contributed by atoms with van der Waals surface area (Å²) in [5, 5.41) is 9.53. The van der Waals surface area contributed by atoms with Crippen molar-refractivity contribution in [1.29, 1.82) is 0 Å². The average molecular weight is 263 g/mol. The molecule has 0 saturated carbocycles. The number of imidazole rings is 1. The van der Waals surface area contributed by atoms with Crippen LogP contribution in [0.3, 0.4) is 0 Å². The molecule has 2 rings (SSSR count). The fourth-order valence-corrected chi connectivity index (χ4v) is 2.41. The first-order valence-electron chi connectivity index (χ1n) is 5.90. The predicted molar refractivity (Wildman–Crippen MR) is 74.6 cm³/mol. The summed E-state index contributed by atoms with van der Waals surface area (Å²) in [4.78, 5) is 8.39. The van der Waals surface area contributed by atoms with Crippen LogP contribution in [0, 0.1) is 0 Å². The maximum Gasteiger partial charge on any atom is 0.140 e. The molecule has 96 valence electrons. The van der Waals surface area contributed by atoms with Crippen molar-refractivity contribution >= 4 is 11.8 Å². The average Bonchev–Trinajstić information content (AvgIpc) is 2.90. The maximum atomic E-state index is 9.53. The molecule has 18 heavy (non-hydrogen) atoms. The molecule has 0 aromatic carbocycles. The van der Waals surface area contributed by atoms with E-state index in [0.717, 1.165) is 23.6 Å². The monoisotopic (exact) mass is 263 g/mol. The third-order valence-corrected chi connectivity index (χ3v) is 3.51. The summed E-state index contributed by atoms with van der Waals surface area (Å²) in [6.45, 7) is 0.134. The predicted octanol–water partition coefficient (Wildman–Crippen LogP) is 2.23. The lowest BCUT2D eigenvalue weighted by atomic mass is 10.2. The Labute approximate surface area is 111 Å². The van der Waals surface area contributed by atoms with Crippen molar-refractivity contribution in [3.8, 4) is 11.4 Å². The number of aliphatic hydroxyl groups is 1. The first-order valence-corrected chi connectivity index (χ1v) is 7.29. The lowest BCUT2D eigenvalue weighted by molar-refractivity contribution is 0.226. The molecule has 0 aliphatic carbocycles. The van der Waals surface area contributed by atoms with Crippen molar-refractivity contribution in [3.05, 3.63) is 36.9 Å². The van der Waals surface area contributed by atoms with Crippen LogP contribution in [-0.4, -0.2) is 38.3 Å². The summed E-state index contributed by atoms with van der Waals surface area (Å²) in [6, 6.07) is 3.95. The van der Waals surface area contributed by atoms with Gasteiger partial charge in [0.1, 0.15) is 5.82 Å². The fraction of sp³-hybridized carbons (Fsp3) is 0.385. The Morgan fingerprint density at radius 2 is 2.11 bits per heavy atom. The molecule has 2 aromatic heterocycles. The number of nitrogens with zero attached hydrogens (tertiary/aromatic N) is 3. The van der Waals surface area contributed by atoms with Gasteiger partial charge in [-0.3, -0.25) is 4.98 Å². The van der Waals surface area contributed by atoms with Crippen LogP contribution in [0.5, 0.6) is 0 Å². The molecule has 0 amide bonds. The Balaban J connectivity index is 2.26. The van der Waals surface area contributed by atoms with Crippen LogP contribution in [0.1, 0.15) is 12.5 Å². The molecule has 0 radical (unpaired) electrons. The van der Waals surface area contributed by atoms with E-state index in [0.29, 0.717) is 0 Å². The number of pyridine rings is 1. The quantitative estimate of drug-likeness (QED) is 0.868. The molecule has 0 bridgehead atoms. The minimum Gasteiger partial charge on any atom is -0.394 e. The maximum absolute atomic E-state index is 9.53. The summed E-state index contributed by atoms with van der Waals surface area (Å²) in [7, 11) is 0. The first kappa shape index (κ1) is 13.1. The highest BCUT2D eigenvalue weighted by Crippen LogP contribution is 2.23. The minimum atomic E-state index is 0.0862. The molecule has 1 N–H and O–H groups in total. The highest BCUT2D eigenvalue weighted by molar-refractivity contribution is 7.98. The fourth-order valence-electron chi connectivity index (χ4n) is 1.90. The van der Waals surface area contributed by atoms with Crippen LogP contribution in [0.15, 0.2) is 36.9 Å². The molecule has 0 unspecified atom stereocenters. The van der Waals surface area contributed by atoms with Crippen molar-refractivity contribution in [2.75, 3.05) is 18.6 Å². The van der Waals surface area contributed by atoms with E-state index in [1.54, 1.807) is 30.4 Å². The summed E-state index contributed by atoms with van der Waals surface area (Å²) < 4.78 is 2.05. The van der Waals surface area contributed by atoms with Gasteiger partial charge >= 0.3 is 0 Å². The Morgan fingerprint density at radius 1 is 1.33 bits per heavy atom. The summed E-state index contributed by atoms with van der Waals surface area (Å²) in [5.41, 5.74) is 1.03. The van der Waals surface area contributed by atoms with Crippen LogP contribution in [0.4, 0.5) is 0 Å². The number of aliphatic hydroxyl groups excluding tert-OH is 1. The molecule has 4 nitrogen and oxygen atoms in total. The second-order valence-corrected chi connectivity index (χ2v) is 5.00. The van der Waals surface area contributed by atoms with Gasteiger partial charge in [-0.25, -0.2) is 4.98 Å². The second kappa shape index (κ2) is 6.56. The number of hydrogen-bond acceptors (Lipinski definition) is 4. The molecule has 5 heteroatoms. The molecular formula is C13H17N3OS. The Morgan fingerprint density at radius 3 is 2.78 bits per heavy atom. The number of thioether (sulfide) groups is 1. The van der Waals surface area contributed by atoms with E-state index >= 15 is 0 Å². The lowest BCUT2D eigenvalue weighted by Crippen LogP contribution is -2.14. The Hall–Kier alpha value is -1.33. The zero-order valence-electron chi connectivity index (χ0n) is 10.4. The van der Waals surface area contributed by atoms with Gasteiger partial charge in [-0.05, 0) is 30.6 Å². The highest BCUT2D eigenvalue weighted by atomic mass is 32.2. The highest BCUT2D eigenvalue weighted by Gasteiger charge is 2.14. The van der Waals surface area contributed by atoms with E-state index in [1.807, 2.05) is 22.9 Å². The standard InChI is InChI=1S/C13H17N3OS/c1-18-9-4-12(10-17)16-8-7-15-13(16)11-2-5-14-6-3-11/h2-3,5-8,12,17H,4,9-10H2,1H3/t12-/m0/s1. The van der Waals surface area contributed by atoms with Crippen LogP contribution in [0.25, 0.3) is 11.4 Å². The normalized spacial score (nSPS) is 12.6.